The number of hydrogen-bond acceptors (Lipinski definition) is 6. The molecule has 0 spiro atoms. The van der Waals surface area contributed by atoms with Crippen LogP contribution in [0.15, 0.2) is 18.7 Å². The van der Waals surface area contributed by atoms with Crippen LogP contribution in [0.3, 0.4) is 0 Å². The molecular formula is C14H21N7. The molecule has 2 aromatic heterocycles. The maximum atomic E-state index is 4.48. The smallest absolute Gasteiger partial charge is 0.241 e. The van der Waals surface area contributed by atoms with E-state index in [1.807, 2.05) is 6.20 Å². The Labute approximate surface area is 124 Å². The summed E-state index contributed by atoms with van der Waals surface area (Å²) < 4.78 is 1.78. The second-order valence-corrected chi connectivity index (χ2v) is 5.45. The van der Waals surface area contributed by atoms with E-state index in [-0.39, 0.29) is 0 Å². The molecule has 0 bridgehead atoms. The van der Waals surface area contributed by atoms with Crippen molar-refractivity contribution in [2.75, 3.05) is 17.2 Å². The highest BCUT2D eigenvalue weighted by Crippen LogP contribution is 2.33. The molecule has 1 fully saturated rings. The third-order valence-corrected chi connectivity index (χ3v) is 3.58. The lowest BCUT2D eigenvalue weighted by Crippen LogP contribution is -2.21. The number of hydrogen-bond donors (Lipinski definition) is 2. The Kier molecular flexibility index (Phi) is 3.98. The minimum Gasteiger partial charge on any atom is -0.354 e. The first-order chi connectivity index (χ1) is 10.3. The zero-order valence-electron chi connectivity index (χ0n) is 12.5. The van der Waals surface area contributed by atoms with Gasteiger partial charge >= 0.3 is 0 Å². The molecule has 2 aromatic rings. The molecule has 112 valence electrons. The van der Waals surface area contributed by atoms with Gasteiger partial charge in [0.05, 0.1) is 0 Å². The lowest BCUT2D eigenvalue weighted by molar-refractivity contribution is 0.683. The molecule has 7 heteroatoms. The molecule has 0 saturated heterocycles. The monoisotopic (exact) mass is 287 g/mol. The SMILES string of the molecule is CCCNc1nc(NC(C)C2CC2)nc(-n2ccnc2)n1. The molecule has 0 aliphatic heterocycles. The van der Waals surface area contributed by atoms with Crippen LogP contribution >= 0.6 is 0 Å². The fourth-order valence-electron chi connectivity index (χ4n) is 2.16. The Hall–Kier alpha value is -2.18. The molecule has 1 atom stereocenters. The van der Waals surface area contributed by atoms with Gasteiger partial charge < -0.3 is 10.6 Å². The average molecular weight is 287 g/mol. The van der Waals surface area contributed by atoms with E-state index in [0.29, 0.717) is 23.9 Å². The van der Waals surface area contributed by atoms with Crippen LogP contribution in [0, 0.1) is 5.92 Å². The molecule has 1 unspecified atom stereocenters. The second-order valence-electron chi connectivity index (χ2n) is 5.45. The van der Waals surface area contributed by atoms with E-state index < -0.39 is 0 Å². The first-order valence-electron chi connectivity index (χ1n) is 7.51. The quantitative estimate of drug-likeness (QED) is 0.811. The van der Waals surface area contributed by atoms with Crippen LogP contribution in [0.5, 0.6) is 0 Å². The first-order valence-corrected chi connectivity index (χ1v) is 7.51. The summed E-state index contributed by atoms with van der Waals surface area (Å²) in [6.07, 6.45) is 8.82. The summed E-state index contributed by atoms with van der Waals surface area (Å²) >= 11 is 0. The van der Waals surface area contributed by atoms with Gasteiger partial charge in [0.2, 0.25) is 17.8 Å². The van der Waals surface area contributed by atoms with Crippen LogP contribution in [0.2, 0.25) is 0 Å². The van der Waals surface area contributed by atoms with E-state index >= 15 is 0 Å². The Balaban J connectivity index is 1.84. The number of nitrogens with zero attached hydrogens (tertiary/aromatic N) is 5. The van der Waals surface area contributed by atoms with Crippen LogP contribution in [0.25, 0.3) is 5.95 Å². The number of nitrogens with one attached hydrogen (secondary N) is 2. The summed E-state index contributed by atoms with van der Waals surface area (Å²) in [4.78, 5) is 17.4. The molecule has 1 aliphatic carbocycles. The molecule has 21 heavy (non-hydrogen) atoms. The predicted molar refractivity (Wildman–Crippen MR) is 81.5 cm³/mol. The maximum absolute atomic E-state index is 4.48. The summed E-state index contributed by atoms with van der Waals surface area (Å²) in [7, 11) is 0. The van der Waals surface area contributed by atoms with Crippen molar-refractivity contribution < 1.29 is 0 Å². The second kappa shape index (κ2) is 6.07. The van der Waals surface area contributed by atoms with Gasteiger partial charge in [-0.3, -0.25) is 4.57 Å². The normalized spacial score (nSPS) is 15.7. The van der Waals surface area contributed by atoms with Crippen molar-refractivity contribution in [3.05, 3.63) is 18.7 Å². The fraction of sp³-hybridized carbons (Fsp3) is 0.571. The number of rotatable bonds is 7. The highest BCUT2D eigenvalue weighted by molar-refractivity contribution is 5.38. The van der Waals surface area contributed by atoms with Crippen LogP contribution in [-0.2, 0) is 0 Å². The molecule has 0 aromatic carbocycles. The van der Waals surface area contributed by atoms with Gasteiger partial charge in [-0.05, 0) is 32.1 Å². The van der Waals surface area contributed by atoms with E-state index in [1.165, 1.54) is 12.8 Å². The lowest BCUT2D eigenvalue weighted by atomic mass is 10.2. The van der Waals surface area contributed by atoms with Gasteiger partial charge in [-0.2, -0.15) is 15.0 Å². The highest BCUT2D eigenvalue weighted by Gasteiger charge is 2.28. The van der Waals surface area contributed by atoms with Crippen molar-refractivity contribution in [1.82, 2.24) is 24.5 Å². The van der Waals surface area contributed by atoms with Gasteiger partial charge in [-0.15, -0.1) is 0 Å². The van der Waals surface area contributed by atoms with Gasteiger partial charge in [0.1, 0.15) is 6.33 Å². The van der Waals surface area contributed by atoms with Crippen molar-refractivity contribution in [3.8, 4) is 5.95 Å². The van der Waals surface area contributed by atoms with E-state index in [9.17, 15) is 0 Å². The lowest BCUT2D eigenvalue weighted by Gasteiger charge is -2.14. The van der Waals surface area contributed by atoms with Crippen LogP contribution in [0.4, 0.5) is 11.9 Å². The number of aromatic nitrogens is 5. The van der Waals surface area contributed by atoms with Crippen molar-refractivity contribution in [1.29, 1.82) is 0 Å². The molecular weight excluding hydrogens is 266 g/mol. The summed E-state index contributed by atoms with van der Waals surface area (Å²) in [5, 5.41) is 6.61. The van der Waals surface area contributed by atoms with E-state index in [4.69, 9.17) is 0 Å². The van der Waals surface area contributed by atoms with Crippen LogP contribution in [-0.4, -0.2) is 37.1 Å². The molecule has 0 amide bonds. The highest BCUT2D eigenvalue weighted by atomic mass is 15.3. The summed E-state index contributed by atoms with van der Waals surface area (Å²) in [5.74, 6) is 2.53. The number of imidazole rings is 1. The summed E-state index contributed by atoms with van der Waals surface area (Å²) in [6, 6.07) is 0.391. The molecule has 1 saturated carbocycles. The molecule has 1 aliphatic rings. The van der Waals surface area contributed by atoms with Crippen molar-refractivity contribution in [3.63, 3.8) is 0 Å². The zero-order chi connectivity index (χ0) is 14.7. The maximum Gasteiger partial charge on any atom is 0.241 e. The molecule has 7 nitrogen and oxygen atoms in total. The molecule has 2 heterocycles. The van der Waals surface area contributed by atoms with Crippen molar-refractivity contribution in [2.45, 2.75) is 39.2 Å². The Morgan fingerprint density at radius 1 is 1.29 bits per heavy atom. The fourth-order valence-corrected chi connectivity index (χ4v) is 2.16. The third-order valence-electron chi connectivity index (χ3n) is 3.58. The van der Waals surface area contributed by atoms with Gasteiger partial charge in [0.25, 0.3) is 0 Å². The van der Waals surface area contributed by atoms with Crippen molar-refractivity contribution in [2.24, 2.45) is 5.92 Å². The Morgan fingerprint density at radius 2 is 2.10 bits per heavy atom. The van der Waals surface area contributed by atoms with Gasteiger partial charge in [0.15, 0.2) is 0 Å². The van der Waals surface area contributed by atoms with Gasteiger partial charge in [-0.25, -0.2) is 4.98 Å². The van der Waals surface area contributed by atoms with Crippen LogP contribution in [0.1, 0.15) is 33.1 Å². The first kappa shape index (κ1) is 13.8. The van der Waals surface area contributed by atoms with Gasteiger partial charge in [0, 0.05) is 25.0 Å². The Morgan fingerprint density at radius 3 is 2.76 bits per heavy atom. The average Bonchev–Trinajstić information content (AvgIpc) is 3.20. The molecule has 3 rings (SSSR count). The van der Waals surface area contributed by atoms with Crippen molar-refractivity contribution >= 4 is 11.9 Å². The van der Waals surface area contributed by atoms with E-state index in [2.05, 4.69) is 44.4 Å². The molecule has 2 N–H and O–H groups in total. The van der Waals surface area contributed by atoms with E-state index in [1.54, 1.807) is 17.1 Å². The van der Waals surface area contributed by atoms with Crippen LogP contribution < -0.4 is 10.6 Å². The summed E-state index contributed by atoms with van der Waals surface area (Å²) in [5.41, 5.74) is 0. The van der Waals surface area contributed by atoms with Gasteiger partial charge in [-0.1, -0.05) is 6.92 Å². The minimum atomic E-state index is 0.391. The van der Waals surface area contributed by atoms with E-state index in [0.717, 1.165) is 18.9 Å². The predicted octanol–water partition coefficient (Wildman–Crippen LogP) is 2.09. The standard InChI is InChI=1S/C14H21N7/c1-3-6-16-12-18-13(17-10(2)11-4-5-11)20-14(19-12)21-8-7-15-9-21/h7-11H,3-6H2,1-2H3,(H2,16,17,18,19,20). The zero-order valence-corrected chi connectivity index (χ0v) is 12.5. The largest absolute Gasteiger partial charge is 0.354 e. The minimum absolute atomic E-state index is 0.391. The molecule has 0 radical (unpaired) electrons. The topological polar surface area (TPSA) is 80.5 Å². The third kappa shape index (κ3) is 3.48. The number of anilines is 2. The summed E-state index contributed by atoms with van der Waals surface area (Å²) in [6.45, 7) is 5.13. The Bertz CT molecular complexity index is 577.